The minimum atomic E-state index is -3.41. The third kappa shape index (κ3) is 4.80. The lowest BCUT2D eigenvalue weighted by atomic mass is 10.1. The SMILES string of the molecule is CCCNCc1ccccc1S(=O)(=O)NCC1CCCC1. The zero-order valence-electron chi connectivity index (χ0n) is 12.8. The van der Waals surface area contributed by atoms with Crippen molar-refractivity contribution < 1.29 is 8.42 Å². The molecule has 0 unspecified atom stereocenters. The van der Waals surface area contributed by atoms with Gasteiger partial charge in [-0.1, -0.05) is 38.0 Å². The van der Waals surface area contributed by atoms with Gasteiger partial charge in [0.25, 0.3) is 0 Å². The van der Waals surface area contributed by atoms with Gasteiger partial charge in [-0.05, 0) is 43.4 Å². The van der Waals surface area contributed by atoms with Crippen molar-refractivity contribution in [2.75, 3.05) is 13.1 Å². The number of hydrogen-bond acceptors (Lipinski definition) is 3. The average Bonchev–Trinajstić information content (AvgIpc) is 2.99. The Morgan fingerprint density at radius 2 is 1.90 bits per heavy atom. The van der Waals surface area contributed by atoms with E-state index in [4.69, 9.17) is 0 Å². The van der Waals surface area contributed by atoms with Gasteiger partial charge in [0.1, 0.15) is 0 Å². The Balaban J connectivity index is 2.03. The Kier molecular flexibility index (Phi) is 6.21. The molecule has 0 saturated heterocycles. The molecule has 0 bridgehead atoms. The predicted octanol–water partition coefficient (Wildman–Crippen LogP) is 2.65. The van der Waals surface area contributed by atoms with Crippen LogP contribution in [0.4, 0.5) is 0 Å². The fourth-order valence-electron chi connectivity index (χ4n) is 2.83. The molecule has 1 aromatic rings. The molecule has 21 heavy (non-hydrogen) atoms. The largest absolute Gasteiger partial charge is 0.313 e. The molecule has 1 fully saturated rings. The van der Waals surface area contributed by atoms with Crippen molar-refractivity contribution in [2.24, 2.45) is 5.92 Å². The van der Waals surface area contributed by atoms with Crippen LogP contribution in [0.1, 0.15) is 44.6 Å². The number of nitrogens with one attached hydrogen (secondary N) is 2. The van der Waals surface area contributed by atoms with E-state index in [0.29, 0.717) is 23.9 Å². The van der Waals surface area contributed by atoms with Crippen LogP contribution in [0.5, 0.6) is 0 Å². The molecule has 1 aromatic carbocycles. The number of rotatable bonds is 8. The molecule has 1 aliphatic rings. The first-order valence-corrected chi connectivity index (χ1v) is 9.40. The molecular formula is C16H26N2O2S. The van der Waals surface area contributed by atoms with Crippen molar-refractivity contribution in [3.05, 3.63) is 29.8 Å². The van der Waals surface area contributed by atoms with Crippen LogP contribution in [0.3, 0.4) is 0 Å². The summed E-state index contributed by atoms with van der Waals surface area (Å²) >= 11 is 0. The van der Waals surface area contributed by atoms with Gasteiger partial charge in [0.15, 0.2) is 0 Å². The zero-order chi connectivity index (χ0) is 15.1. The van der Waals surface area contributed by atoms with Gasteiger partial charge in [-0.3, -0.25) is 0 Å². The zero-order valence-corrected chi connectivity index (χ0v) is 13.6. The van der Waals surface area contributed by atoms with Crippen molar-refractivity contribution in [1.29, 1.82) is 0 Å². The van der Waals surface area contributed by atoms with Gasteiger partial charge in [-0.15, -0.1) is 0 Å². The van der Waals surface area contributed by atoms with Crippen LogP contribution in [0.2, 0.25) is 0 Å². The lowest BCUT2D eigenvalue weighted by molar-refractivity contribution is 0.519. The normalized spacial score (nSPS) is 16.4. The van der Waals surface area contributed by atoms with E-state index in [0.717, 1.165) is 31.4 Å². The molecule has 1 saturated carbocycles. The summed E-state index contributed by atoms with van der Waals surface area (Å²) in [5, 5.41) is 3.27. The molecule has 0 atom stereocenters. The summed E-state index contributed by atoms with van der Waals surface area (Å²) < 4.78 is 27.8. The van der Waals surface area contributed by atoms with Gasteiger partial charge in [-0.2, -0.15) is 0 Å². The molecule has 1 aliphatic carbocycles. The lowest BCUT2D eigenvalue weighted by Gasteiger charge is -2.14. The van der Waals surface area contributed by atoms with Crippen LogP contribution in [0.25, 0.3) is 0 Å². The van der Waals surface area contributed by atoms with E-state index in [1.807, 2.05) is 12.1 Å². The third-order valence-electron chi connectivity index (χ3n) is 4.04. The number of benzene rings is 1. The van der Waals surface area contributed by atoms with Crippen LogP contribution in [0.15, 0.2) is 29.2 Å². The van der Waals surface area contributed by atoms with Gasteiger partial charge in [0.05, 0.1) is 4.90 Å². The molecule has 0 aliphatic heterocycles. The van der Waals surface area contributed by atoms with Crippen LogP contribution in [-0.2, 0) is 16.6 Å². The standard InChI is InChI=1S/C16H26N2O2S/c1-2-11-17-13-15-9-5-6-10-16(15)21(19,20)18-12-14-7-3-4-8-14/h5-6,9-10,14,17-18H,2-4,7-8,11-13H2,1H3. The monoisotopic (exact) mass is 310 g/mol. The first-order chi connectivity index (χ1) is 10.1. The molecule has 0 amide bonds. The Hall–Kier alpha value is -0.910. The van der Waals surface area contributed by atoms with Crippen LogP contribution < -0.4 is 10.0 Å². The van der Waals surface area contributed by atoms with Gasteiger partial charge in [-0.25, -0.2) is 13.1 Å². The number of sulfonamides is 1. The highest BCUT2D eigenvalue weighted by molar-refractivity contribution is 7.89. The maximum Gasteiger partial charge on any atom is 0.240 e. The van der Waals surface area contributed by atoms with Crippen molar-refractivity contribution in [1.82, 2.24) is 10.0 Å². The van der Waals surface area contributed by atoms with E-state index < -0.39 is 10.0 Å². The van der Waals surface area contributed by atoms with Gasteiger partial charge >= 0.3 is 0 Å². The fourth-order valence-corrected chi connectivity index (χ4v) is 4.19. The summed E-state index contributed by atoms with van der Waals surface area (Å²) in [6.45, 7) is 4.15. The minimum Gasteiger partial charge on any atom is -0.313 e. The summed E-state index contributed by atoms with van der Waals surface area (Å²) in [5.74, 6) is 0.505. The molecule has 0 aromatic heterocycles. The Bertz CT molecular complexity index is 537. The van der Waals surface area contributed by atoms with E-state index in [2.05, 4.69) is 17.0 Å². The minimum absolute atomic E-state index is 0.409. The molecular weight excluding hydrogens is 284 g/mol. The Morgan fingerprint density at radius 3 is 2.62 bits per heavy atom. The molecule has 2 N–H and O–H groups in total. The van der Waals surface area contributed by atoms with Crippen LogP contribution in [0, 0.1) is 5.92 Å². The van der Waals surface area contributed by atoms with E-state index in [9.17, 15) is 8.42 Å². The Morgan fingerprint density at radius 1 is 1.19 bits per heavy atom. The summed E-state index contributed by atoms with van der Waals surface area (Å²) in [4.78, 5) is 0.409. The average molecular weight is 310 g/mol. The third-order valence-corrected chi connectivity index (χ3v) is 5.57. The maximum atomic E-state index is 12.5. The van der Waals surface area contributed by atoms with Crippen molar-refractivity contribution in [3.8, 4) is 0 Å². The van der Waals surface area contributed by atoms with E-state index in [1.54, 1.807) is 12.1 Å². The lowest BCUT2D eigenvalue weighted by Crippen LogP contribution is -2.29. The molecule has 4 nitrogen and oxygen atoms in total. The first-order valence-electron chi connectivity index (χ1n) is 7.91. The molecule has 0 radical (unpaired) electrons. The highest BCUT2D eigenvalue weighted by Crippen LogP contribution is 2.24. The van der Waals surface area contributed by atoms with Gasteiger partial charge < -0.3 is 5.32 Å². The maximum absolute atomic E-state index is 12.5. The second-order valence-corrected chi connectivity index (χ2v) is 7.52. The fraction of sp³-hybridized carbons (Fsp3) is 0.625. The van der Waals surface area contributed by atoms with Crippen molar-refractivity contribution >= 4 is 10.0 Å². The molecule has 118 valence electrons. The summed E-state index contributed by atoms with van der Waals surface area (Å²) in [6.07, 6.45) is 5.77. The van der Waals surface area contributed by atoms with Gasteiger partial charge in [0.2, 0.25) is 10.0 Å². The van der Waals surface area contributed by atoms with Crippen molar-refractivity contribution in [2.45, 2.75) is 50.5 Å². The van der Waals surface area contributed by atoms with Crippen LogP contribution >= 0.6 is 0 Å². The van der Waals surface area contributed by atoms with Gasteiger partial charge in [0, 0.05) is 13.1 Å². The highest BCUT2D eigenvalue weighted by Gasteiger charge is 2.21. The topological polar surface area (TPSA) is 58.2 Å². The van der Waals surface area contributed by atoms with E-state index >= 15 is 0 Å². The summed E-state index contributed by atoms with van der Waals surface area (Å²) in [5.41, 5.74) is 0.838. The molecule has 0 heterocycles. The van der Waals surface area contributed by atoms with Crippen molar-refractivity contribution in [3.63, 3.8) is 0 Å². The second-order valence-electron chi connectivity index (χ2n) is 5.79. The highest BCUT2D eigenvalue weighted by atomic mass is 32.2. The van der Waals surface area contributed by atoms with E-state index in [1.165, 1.54) is 12.8 Å². The molecule has 5 heteroatoms. The predicted molar refractivity (Wildman–Crippen MR) is 85.6 cm³/mol. The Labute approximate surface area is 128 Å². The van der Waals surface area contributed by atoms with E-state index in [-0.39, 0.29) is 0 Å². The first kappa shape index (κ1) is 16.5. The molecule has 2 rings (SSSR count). The summed E-state index contributed by atoms with van der Waals surface area (Å²) in [6, 6.07) is 7.25. The second kappa shape index (κ2) is 7.92. The number of hydrogen-bond donors (Lipinski definition) is 2. The smallest absolute Gasteiger partial charge is 0.240 e. The quantitative estimate of drug-likeness (QED) is 0.726. The molecule has 0 spiro atoms. The van der Waals surface area contributed by atoms with Crippen LogP contribution in [-0.4, -0.2) is 21.5 Å². The summed E-state index contributed by atoms with van der Waals surface area (Å²) in [7, 11) is -3.41.